The molecular formula is C9H10ClNO5. The zero-order valence-electron chi connectivity index (χ0n) is 8.01. The molecule has 1 heterocycles. The highest BCUT2D eigenvalue weighted by Crippen LogP contribution is 2.37. The molecule has 16 heavy (non-hydrogen) atoms. The molecule has 0 bridgehead atoms. The van der Waals surface area contributed by atoms with Gasteiger partial charge in [-0.1, -0.05) is 0 Å². The van der Waals surface area contributed by atoms with E-state index in [2.05, 4.69) is 10.1 Å². The Bertz CT molecular complexity index is 399. The predicted molar refractivity (Wildman–Crippen MR) is 55.9 cm³/mol. The highest BCUT2D eigenvalue weighted by Gasteiger charge is 2.28. The summed E-state index contributed by atoms with van der Waals surface area (Å²) >= 11 is 0. The second-order valence-corrected chi connectivity index (χ2v) is 3.19. The molecule has 4 N–H and O–H groups in total. The highest BCUT2D eigenvalue weighted by atomic mass is 35.5. The van der Waals surface area contributed by atoms with Crippen LogP contribution in [0.25, 0.3) is 0 Å². The first kappa shape index (κ1) is 12.3. The fourth-order valence-corrected chi connectivity index (χ4v) is 1.51. The topological polar surface area (TPSA) is 99.0 Å². The number of ether oxygens (including phenoxy) is 1. The van der Waals surface area contributed by atoms with Crippen molar-refractivity contribution in [3.05, 3.63) is 17.7 Å². The van der Waals surface area contributed by atoms with Crippen molar-refractivity contribution in [3.63, 3.8) is 0 Å². The van der Waals surface area contributed by atoms with E-state index >= 15 is 0 Å². The fourth-order valence-electron chi connectivity index (χ4n) is 1.51. The van der Waals surface area contributed by atoms with Gasteiger partial charge in [-0.2, -0.15) is 0 Å². The van der Waals surface area contributed by atoms with Crippen molar-refractivity contribution in [2.24, 2.45) is 0 Å². The van der Waals surface area contributed by atoms with Gasteiger partial charge in [-0.25, -0.2) is 4.79 Å². The number of cyclic esters (lactones) is 1. The number of carbonyl (C=O) groups excluding carboxylic acids is 1. The minimum absolute atomic E-state index is 0. The van der Waals surface area contributed by atoms with Crippen molar-refractivity contribution < 1.29 is 24.9 Å². The summed E-state index contributed by atoms with van der Waals surface area (Å²) < 4.78 is 4.63. The van der Waals surface area contributed by atoms with Gasteiger partial charge < -0.3 is 25.4 Å². The summed E-state index contributed by atoms with van der Waals surface area (Å²) in [7, 11) is 0. The van der Waals surface area contributed by atoms with Crippen LogP contribution in [0.5, 0.6) is 17.2 Å². The molecule has 1 amide bonds. The molecule has 1 fully saturated rings. The monoisotopic (exact) mass is 247 g/mol. The van der Waals surface area contributed by atoms with Crippen LogP contribution in [-0.4, -0.2) is 28.0 Å². The van der Waals surface area contributed by atoms with Crippen LogP contribution in [0.4, 0.5) is 4.79 Å². The van der Waals surface area contributed by atoms with Gasteiger partial charge in [0.05, 0.1) is 11.6 Å². The van der Waals surface area contributed by atoms with Crippen molar-refractivity contribution >= 4 is 18.5 Å². The number of hydrogen-bond acceptors (Lipinski definition) is 5. The lowest BCUT2D eigenvalue weighted by Crippen LogP contribution is -2.18. The lowest BCUT2D eigenvalue weighted by molar-refractivity contribution is 0.176. The molecule has 1 aromatic carbocycles. The Morgan fingerprint density at radius 2 is 1.81 bits per heavy atom. The summed E-state index contributed by atoms with van der Waals surface area (Å²) in [5, 5.41) is 30.5. The third kappa shape index (κ3) is 2.06. The molecule has 1 saturated heterocycles. The number of phenolic OH excluding ortho intramolecular Hbond substituents is 3. The minimum atomic E-state index is -0.605. The normalized spacial score (nSPS) is 18.5. The average Bonchev–Trinajstić information content (AvgIpc) is 2.49. The second-order valence-electron chi connectivity index (χ2n) is 3.19. The summed E-state index contributed by atoms with van der Waals surface area (Å²) in [6, 6.07) is 1.57. The number of aromatic hydroxyl groups is 3. The van der Waals surface area contributed by atoms with E-state index in [1.165, 1.54) is 0 Å². The number of halogens is 1. The number of carbonyl (C=O) groups is 1. The molecule has 88 valence electrons. The van der Waals surface area contributed by atoms with Gasteiger partial charge in [0.15, 0.2) is 0 Å². The number of alkyl carbamates (subject to hydrolysis) is 1. The number of amides is 1. The molecule has 1 atom stereocenters. The van der Waals surface area contributed by atoms with Crippen LogP contribution >= 0.6 is 12.4 Å². The molecule has 0 aromatic heterocycles. The van der Waals surface area contributed by atoms with Crippen molar-refractivity contribution in [2.75, 3.05) is 6.61 Å². The molecule has 0 radical (unpaired) electrons. The van der Waals surface area contributed by atoms with Crippen LogP contribution in [0.3, 0.4) is 0 Å². The van der Waals surface area contributed by atoms with E-state index in [9.17, 15) is 15.0 Å². The van der Waals surface area contributed by atoms with Gasteiger partial charge >= 0.3 is 6.09 Å². The van der Waals surface area contributed by atoms with Gasteiger partial charge in [0.2, 0.25) is 0 Å². The maximum absolute atomic E-state index is 10.8. The molecule has 0 aliphatic carbocycles. The minimum Gasteiger partial charge on any atom is -0.508 e. The number of rotatable bonds is 1. The summed E-state index contributed by atoms with van der Waals surface area (Å²) in [4.78, 5) is 10.8. The largest absolute Gasteiger partial charge is 0.508 e. The molecule has 0 saturated carbocycles. The van der Waals surface area contributed by atoms with Crippen LogP contribution in [0.2, 0.25) is 0 Å². The van der Waals surface area contributed by atoms with Crippen LogP contribution < -0.4 is 5.32 Å². The van der Waals surface area contributed by atoms with Gasteiger partial charge in [0, 0.05) is 12.1 Å². The molecule has 6 nitrogen and oxygen atoms in total. The fraction of sp³-hybridized carbons (Fsp3) is 0.222. The van der Waals surface area contributed by atoms with Gasteiger partial charge in [0.25, 0.3) is 0 Å². The predicted octanol–water partition coefficient (Wildman–Crippen LogP) is 1.01. The Balaban J connectivity index is 0.00000128. The van der Waals surface area contributed by atoms with Crippen molar-refractivity contribution in [1.29, 1.82) is 0 Å². The summed E-state index contributed by atoms with van der Waals surface area (Å²) in [5.74, 6) is -0.828. The number of hydrogen-bond donors (Lipinski definition) is 4. The standard InChI is InChI=1S/C9H9NO5.ClH/c11-4-1-6(12)8(7(13)2-4)5-3-15-9(14)10-5;/h1-2,5,11-13H,3H2,(H,10,14);1H/t5-;/m0./s1. The third-order valence-corrected chi connectivity index (χ3v) is 2.14. The van der Waals surface area contributed by atoms with E-state index < -0.39 is 12.1 Å². The van der Waals surface area contributed by atoms with Crippen LogP contribution in [0.15, 0.2) is 12.1 Å². The number of nitrogens with one attached hydrogen (secondary N) is 1. The Morgan fingerprint density at radius 1 is 1.25 bits per heavy atom. The molecule has 7 heteroatoms. The first-order valence-corrected chi connectivity index (χ1v) is 4.26. The smallest absolute Gasteiger partial charge is 0.407 e. The quantitative estimate of drug-likeness (QED) is 0.594. The van der Waals surface area contributed by atoms with E-state index in [0.717, 1.165) is 12.1 Å². The Labute approximate surface area is 96.9 Å². The first-order valence-electron chi connectivity index (χ1n) is 4.26. The molecule has 0 unspecified atom stereocenters. The molecule has 1 aliphatic rings. The van der Waals surface area contributed by atoms with Crippen molar-refractivity contribution in [3.8, 4) is 17.2 Å². The first-order chi connectivity index (χ1) is 7.08. The molecule has 2 rings (SSSR count). The van der Waals surface area contributed by atoms with Crippen LogP contribution in [0.1, 0.15) is 11.6 Å². The number of phenols is 3. The van der Waals surface area contributed by atoms with Crippen molar-refractivity contribution in [1.82, 2.24) is 5.32 Å². The Hall–Kier alpha value is -1.82. The molecule has 1 aliphatic heterocycles. The van der Waals surface area contributed by atoms with Gasteiger partial charge in [-0.3, -0.25) is 0 Å². The SMILES string of the molecule is Cl.O=C1N[C@H](c2c(O)cc(O)cc2O)CO1. The van der Waals surface area contributed by atoms with Crippen molar-refractivity contribution in [2.45, 2.75) is 6.04 Å². The Morgan fingerprint density at radius 3 is 2.25 bits per heavy atom. The van der Waals surface area contributed by atoms with E-state index in [1.54, 1.807) is 0 Å². The average molecular weight is 248 g/mol. The maximum Gasteiger partial charge on any atom is 0.407 e. The summed E-state index contributed by atoms with van der Waals surface area (Å²) in [5.41, 5.74) is 0.138. The number of benzene rings is 1. The lowest BCUT2D eigenvalue weighted by atomic mass is 10.1. The van der Waals surface area contributed by atoms with E-state index in [4.69, 9.17) is 5.11 Å². The van der Waals surface area contributed by atoms with Gasteiger partial charge in [-0.15, -0.1) is 12.4 Å². The summed E-state index contributed by atoms with van der Waals surface area (Å²) in [6.45, 7) is 0.0325. The van der Waals surface area contributed by atoms with Crippen LogP contribution in [0, 0.1) is 0 Å². The van der Waals surface area contributed by atoms with Crippen LogP contribution in [-0.2, 0) is 4.74 Å². The zero-order valence-corrected chi connectivity index (χ0v) is 8.82. The second kappa shape index (κ2) is 4.36. The lowest BCUT2D eigenvalue weighted by Gasteiger charge is -2.12. The zero-order chi connectivity index (χ0) is 11.0. The Kier molecular flexibility index (Phi) is 3.34. The molecule has 0 spiro atoms. The van der Waals surface area contributed by atoms with E-state index in [-0.39, 0.29) is 41.8 Å². The summed E-state index contributed by atoms with van der Waals surface area (Å²) in [6.07, 6.45) is -0.605. The molecular weight excluding hydrogens is 238 g/mol. The third-order valence-electron chi connectivity index (χ3n) is 2.14. The van der Waals surface area contributed by atoms with Gasteiger partial charge in [-0.05, 0) is 0 Å². The van der Waals surface area contributed by atoms with Gasteiger partial charge in [0.1, 0.15) is 23.9 Å². The van der Waals surface area contributed by atoms with E-state index in [1.807, 2.05) is 0 Å². The molecule has 1 aromatic rings. The maximum atomic E-state index is 10.8. The highest BCUT2D eigenvalue weighted by molar-refractivity contribution is 5.85. The van der Waals surface area contributed by atoms with E-state index in [0.29, 0.717) is 0 Å².